The molecule has 0 unspecified atom stereocenters. The van der Waals surface area contributed by atoms with E-state index in [0.29, 0.717) is 59.6 Å². The normalized spacial score (nSPS) is 20.4. The van der Waals surface area contributed by atoms with Crippen LogP contribution in [0.2, 0.25) is 5.02 Å². The van der Waals surface area contributed by atoms with E-state index in [-0.39, 0.29) is 18.1 Å². The van der Waals surface area contributed by atoms with Crippen LogP contribution in [0.4, 0.5) is 10.2 Å². The fourth-order valence-corrected chi connectivity index (χ4v) is 6.21. The van der Waals surface area contributed by atoms with E-state index in [0.717, 1.165) is 37.9 Å². The summed E-state index contributed by atoms with van der Waals surface area (Å²) in [5.41, 5.74) is 3.51. The number of fused-ring (bicyclic) bond motifs is 1. The van der Waals surface area contributed by atoms with Crippen molar-refractivity contribution in [3.63, 3.8) is 0 Å². The van der Waals surface area contributed by atoms with Gasteiger partial charge in [-0.05, 0) is 86.9 Å². The highest BCUT2D eigenvalue weighted by molar-refractivity contribution is 6.32. The van der Waals surface area contributed by atoms with Crippen molar-refractivity contribution in [1.82, 2.24) is 9.88 Å². The van der Waals surface area contributed by atoms with Gasteiger partial charge in [0.15, 0.2) is 0 Å². The smallest absolute Gasteiger partial charge is 0.323 e. The third kappa shape index (κ3) is 7.75. The number of nitrogens with one attached hydrogen (secondary N) is 2. The van der Waals surface area contributed by atoms with Gasteiger partial charge in [-0.15, -0.1) is 4.91 Å². The molecule has 2 aromatic carbocycles. The number of alkyl halides is 1. The Morgan fingerprint density at radius 3 is 2.71 bits per heavy atom. The van der Waals surface area contributed by atoms with E-state index in [9.17, 15) is 14.1 Å². The van der Waals surface area contributed by atoms with Crippen molar-refractivity contribution in [1.29, 1.82) is 5.41 Å². The lowest BCUT2D eigenvalue weighted by Gasteiger charge is -2.40. The number of rotatable bonds is 11. The van der Waals surface area contributed by atoms with Crippen molar-refractivity contribution in [2.75, 3.05) is 18.5 Å². The molecule has 0 radical (unpaired) electrons. The van der Waals surface area contributed by atoms with Gasteiger partial charge >= 0.3 is 5.91 Å². The maximum absolute atomic E-state index is 14.3. The van der Waals surface area contributed by atoms with Gasteiger partial charge in [-0.25, -0.2) is 9.37 Å². The molecule has 236 valence electrons. The number of hydrogen-bond acceptors (Lipinski definition) is 8. The molecule has 0 atom stereocenters. The summed E-state index contributed by atoms with van der Waals surface area (Å²) in [6, 6.07) is 17.5. The minimum atomic E-state index is -1.13. The Kier molecular flexibility index (Phi) is 10.2. The molecule has 2 aliphatic rings. The maximum atomic E-state index is 14.3. The monoisotopic (exact) mass is 633 g/mol. The number of carbonyl (C=O) groups excluding carboxylic acids is 1. The Bertz CT molecular complexity index is 1600. The first kappa shape index (κ1) is 32.2. The van der Waals surface area contributed by atoms with Gasteiger partial charge in [-0.3, -0.25) is 9.69 Å². The van der Waals surface area contributed by atoms with Gasteiger partial charge in [0.2, 0.25) is 5.88 Å². The summed E-state index contributed by atoms with van der Waals surface area (Å²) in [5, 5.41) is 13.3. The number of nitrogens with zero attached hydrogens (tertiary/aromatic N) is 3. The first-order valence-electron chi connectivity index (χ1n) is 15.2. The second-order valence-electron chi connectivity index (χ2n) is 11.6. The number of nitroso groups, excluding NO2 is 1. The molecule has 2 heterocycles. The lowest BCUT2D eigenvalue weighted by Crippen LogP contribution is -2.43. The van der Waals surface area contributed by atoms with E-state index in [1.807, 2.05) is 12.1 Å². The van der Waals surface area contributed by atoms with Crippen LogP contribution >= 0.6 is 11.6 Å². The number of para-hydroxylation sites is 1. The van der Waals surface area contributed by atoms with Crippen LogP contribution in [-0.2, 0) is 29.1 Å². The van der Waals surface area contributed by atoms with Crippen LogP contribution in [0.3, 0.4) is 0 Å². The number of ether oxygens (including phenoxy) is 2. The van der Waals surface area contributed by atoms with E-state index in [1.165, 1.54) is 11.1 Å². The van der Waals surface area contributed by atoms with Crippen molar-refractivity contribution in [3.8, 4) is 17.0 Å². The molecule has 2 N–H and O–H groups in total. The zero-order valence-electron chi connectivity index (χ0n) is 25.4. The summed E-state index contributed by atoms with van der Waals surface area (Å²) in [6.07, 6.45) is 4.75. The SMILES string of the molecule is CCO/C(Nc1cccc(-c2cccc(Cl)c2OCc2ccc3c(c2)CCN(C2CCC(C)(F)CC2)C3)n1)=C(/C=N)C(=O)N=O. The molecule has 1 amide bonds. The highest BCUT2D eigenvalue weighted by Crippen LogP contribution is 2.38. The Morgan fingerprint density at radius 1 is 1.20 bits per heavy atom. The fourth-order valence-electron chi connectivity index (χ4n) is 5.98. The van der Waals surface area contributed by atoms with E-state index in [2.05, 4.69) is 38.6 Å². The minimum absolute atomic E-state index is 0.0960. The minimum Gasteiger partial charge on any atom is -0.487 e. The molecular formula is C34H37ClFN5O4. The van der Waals surface area contributed by atoms with Crippen LogP contribution in [0.1, 0.15) is 56.2 Å². The number of benzene rings is 2. The predicted octanol–water partition coefficient (Wildman–Crippen LogP) is 7.61. The molecule has 1 aliphatic heterocycles. The number of pyridine rings is 1. The molecule has 45 heavy (non-hydrogen) atoms. The number of halogens is 2. The Labute approximate surface area is 267 Å². The highest BCUT2D eigenvalue weighted by Gasteiger charge is 2.34. The van der Waals surface area contributed by atoms with Gasteiger partial charge in [0.25, 0.3) is 0 Å². The molecule has 0 saturated heterocycles. The highest BCUT2D eigenvalue weighted by atomic mass is 35.5. The second-order valence-corrected chi connectivity index (χ2v) is 12.0. The van der Waals surface area contributed by atoms with Gasteiger partial charge in [-0.2, -0.15) is 0 Å². The molecule has 1 aliphatic carbocycles. The summed E-state index contributed by atoms with van der Waals surface area (Å²) >= 11 is 6.62. The molecule has 11 heteroatoms. The zero-order chi connectivity index (χ0) is 32.0. The predicted molar refractivity (Wildman–Crippen MR) is 173 cm³/mol. The molecule has 0 bridgehead atoms. The van der Waals surface area contributed by atoms with Crippen LogP contribution in [0, 0.1) is 10.3 Å². The largest absolute Gasteiger partial charge is 0.487 e. The third-order valence-corrected chi connectivity index (χ3v) is 8.73. The number of hydrogen-bond donors (Lipinski definition) is 2. The van der Waals surface area contributed by atoms with Gasteiger partial charge in [-0.1, -0.05) is 41.9 Å². The van der Waals surface area contributed by atoms with Crippen LogP contribution in [-0.4, -0.2) is 46.9 Å². The molecule has 1 aromatic heterocycles. The zero-order valence-corrected chi connectivity index (χ0v) is 26.2. The lowest BCUT2D eigenvalue weighted by atomic mass is 9.83. The topological polar surface area (TPSA) is 117 Å². The van der Waals surface area contributed by atoms with Crippen molar-refractivity contribution < 1.29 is 18.7 Å². The summed E-state index contributed by atoms with van der Waals surface area (Å²) < 4.78 is 26.1. The van der Waals surface area contributed by atoms with Crippen molar-refractivity contribution in [2.45, 2.75) is 70.8 Å². The molecule has 0 spiro atoms. The van der Waals surface area contributed by atoms with Crippen LogP contribution in [0.5, 0.6) is 5.75 Å². The summed E-state index contributed by atoms with van der Waals surface area (Å²) in [5.74, 6) is -0.431. The molecule has 1 saturated carbocycles. The molecular weight excluding hydrogens is 597 g/mol. The van der Waals surface area contributed by atoms with E-state index >= 15 is 0 Å². The number of carbonyl (C=O) groups is 1. The molecule has 9 nitrogen and oxygen atoms in total. The summed E-state index contributed by atoms with van der Waals surface area (Å²) in [6.45, 7) is 5.78. The van der Waals surface area contributed by atoms with Crippen molar-refractivity contribution >= 4 is 29.5 Å². The Morgan fingerprint density at radius 2 is 1.98 bits per heavy atom. The quantitative estimate of drug-likeness (QED) is 0.0966. The summed E-state index contributed by atoms with van der Waals surface area (Å²) in [4.78, 5) is 29.9. The maximum Gasteiger partial charge on any atom is 0.323 e. The average Bonchev–Trinajstić information content (AvgIpc) is 3.04. The second kappa shape index (κ2) is 14.3. The van der Waals surface area contributed by atoms with E-state index < -0.39 is 11.6 Å². The van der Waals surface area contributed by atoms with Crippen LogP contribution < -0.4 is 10.1 Å². The first-order valence-corrected chi connectivity index (χ1v) is 15.5. The Balaban J connectivity index is 1.31. The Hall–Kier alpha value is -4.15. The van der Waals surface area contributed by atoms with E-state index in [4.69, 9.17) is 26.5 Å². The fraction of sp³-hybridized carbons (Fsp3) is 0.382. The number of anilines is 1. The van der Waals surface area contributed by atoms with Crippen molar-refractivity contribution in [3.05, 3.63) is 92.7 Å². The number of amides is 1. The molecule has 3 aromatic rings. The van der Waals surface area contributed by atoms with Crippen LogP contribution in [0.15, 0.2) is 71.2 Å². The first-order chi connectivity index (χ1) is 21.7. The molecule has 5 rings (SSSR count). The molecule has 1 fully saturated rings. The summed E-state index contributed by atoms with van der Waals surface area (Å²) in [7, 11) is 0. The number of aromatic nitrogens is 1. The van der Waals surface area contributed by atoms with Gasteiger partial charge in [0.1, 0.15) is 29.4 Å². The van der Waals surface area contributed by atoms with Crippen LogP contribution in [0.25, 0.3) is 11.3 Å². The van der Waals surface area contributed by atoms with Gasteiger partial charge in [0.05, 0.1) is 17.3 Å². The average molecular weight is 634 g/mol. The third-order valence-electron chi connectivity index (χ3n) is 8.43. The van der Waals surface area contributed by atoms with Gasteiger partial charge in [0, 0.05) is 36.1 Å². The standard InChI is InChI=1S/C34H37ClFN5O4/c1-3-44-33(27(19-37)32(42)40-43)39-30-9-5-8-29(38-30)26-6-4-7-28(35)31(26)45-21-22-10-11-24-20-41(17-14-23(24)18-22)25-12-15-34(2,36)16-13-25/h4-11,18-19,25,37H,3,12-17,20-21H2,1-2H3,(H,38,39)/b33-27-,37-19?. The lowest BCUT2D eigenvalue weighted by molar-refractivity contribution is -0.114. The van der Waals surface area contributed by atoms with Gasteiger partial charge < -0.3 is 20.2 Å². The van der Waals surface area contributed by atoms with Crippen molar-refractivity contribution in [2.24, 2.45) is 5.18 Å². The van der Waals surface area contributed by atoms with E-state index in [1.54, 1.807) is 38.1 Å².